The molecule has 0 heterocycles. The summed E-state index contributed by atoms with van der Waals surface area (Å²) >= 11 is 0. The first-order chi connectivity index (χ1) is 6.13. The molecule has 0 aromatic rings. The lowest BCUT2D eigenvalue weighted by atomic mass is 9.82. The maximum Gasteiger partial charge on any atom is 0.156 e. The van der Waals surface area contributed by atoms with E-state index < -0.39 is 0 Å². The second-order valence-corrected chi connectivity index (χ2v) is 4.30. The van der Waals surface area contributed by atoms with Crippen molar-refractivity contribution in [2.45, 2.75) is 52.0 Å². The van der Waals surface area contributed by atoms with E-state index in [0.29, 0.717) is 0 Å². The van der Waals surface area contributed by atoms with E-state index in [9.17, 15) is 4.79 Å². The van der Waals surface area contributed by atoms with Gasteiger partial charge in [0, 0.05) is 5.92 Å². The third-order valence-electron chi connectivity index (χ3n) is 2.83. The van der Waals surface area contributed by atoms with Crippen LogP contribution in [-0.2, 0) is 4.79 Å². The molecule has 0 aliphatic heterocycles. The summed E-state index contributed by atoms with van der Waals surface area (Å²) in [6.45, 7) is 4.01. The number of carbonyl (C=O) groups excluding carboxylic acids is 1. The molecule has 0 bridgehead atoms. The molecule has 2 N–H and O–H groups in total. The van der Waals surface area contributed by atoms with E-state index in [1.807, 2.05) is 13.8 Å². The maximum atomic E-state index is 11.8. The summed E-state index contributed by atoms with van der Waals surface area (Å²) in [5.41, 5.74) is 5.82. The molecule has 75 valence electrons. The molecule has 0 spiro atoms. The molecule has 0 amide bonds. The topological polar surface area (TPSA) is 43.1 Å². The number of hydrogen-bond donors (Lipinski definition) is 1. The van der Waals surface area contributed by atoms with Gasteiger partial charge in [0.05, 0.1) is 6.04 Å². The van der Waals surface area contributed by atoms with Gasteiger partial charge in [-0.25, -0.2) is 0 Å². The number of hydrogen-bond acceptors (Lipinski definition) is 2. The number of carbonyl (C=O) groups is 1. The van der Waals surface area contributed by atoms with Crippen molar-refractivity contribution in [1.29, 1.82) is 0 Å². The van der Waals surface area contributed by atoms with Gasteiger partial charge in [0.1, 0.15) is 0 Å². The summed E-state index contributed by atoms with van der Waals surface area (Å²) in [4.78, 5) is 11.8. The maximum absolute atomic E-state index is 11.8. The molecule has 0 aromatic carbocycles. The fraction of sp³-hybridized carbons (Fsp3) is 0.818. The van der Waals surface area contributed by atoms with Gasteiger partial charge in [-0.2, -0.15) is 0 Å². The van der Waals surface area contributed by atoms with Gasteiger partial charge in [0.15, 0.2) is 5.78 Å². The van der Waals surface area contributed by atoms with Gasteiger partial charge in [0.2, 0.25) is 0 Å². The summed E-state index contributed by atoms with van der Waals surface area (Å²) in [6, 6.07) is -0.270. The standard InChI is InChI=1S/C11H20NO/c1-8(2)10(12)11(13)9-6-4-3-5-7-9/h8,10H,3-7,12H2,1-2H3/t10-/m1/s1. The van der Waals surface area contributed by atoms with Crippen LogP contribution >= 0.6 is 0 Å². The smallest absolute Gasteiger partial charge is 0.156 e. The van der Waals surface area contributed by atoms with Gasteiger partial charge in [0.25, 0.3) is 0 Å². The Morgan fingerprint density at radius 3 is 2.23 bits per heavy atom. The lowest BCUT2D eigenvalue weighted by molar-refractivity contribution is -0.120. The summed E-state index contributed by atoms with van der Waals surface area (Å²) in [7, 11) is 0. The Bertz CT molecular complexity index is 171. The first kappa shape index (κ1) is 10.7. The minimum atomic E-state index is -0.270. The van der Waals surface area contributed by atoms with E-state index in [2.05, 4.69) is 0 Å². The molecule has 0 aromatic heterocycles. The van der Waals surface area contributed by atoms with Gasteiger partial charge >= 0.3 is 0 Å². The van der Waals surface area contributed by atoms with Crippen LogP contribution in [0.15, 0.2) is 0 Å². The van der Waals surface area contributed by atoms with E-state index in [-0.39, 0.29) is 17.7 Å². The van der Waals surface area contributed by atoms with Crippen molar-refractivity contribution in [2.24, 2.45) is 11.7 Å². The van der Waals surface area contributed by atoms with Crippen molar-refractivity contribution in [3.8, 4) is 0 Å². The Hall–Kier alpha value is -0.370. The molecule has 1 atom stereocenters. The highest BCUT2D eigenvalue weighted by atomic mass is 16.1. The van der Waals surface area contributed by atoms with Crippen LogP contribution < -0.4 is 5.73 Å². The number of nitrogens with two attached hydrogens (primary N) is 1. The third kappa shape index (κ3) is 2.80. The first-order valence-corrected chi connectivity index (χ1v) is 5.27. The average molecular weight is 182 g/mol. The predicted octanol–water partition coefficient (Wildman–Crippen LogP) is 2.08. The van der Waals surface area contributed by atoms with Crippen molar-refractivity contribution >= 4 is 5.78 Å². The van der Waals surface area contributed by atoms with Crippen molar-refractivity contribution < 1.29 is 4.79 Å². The van der Waals surface area contributed by atoms with E-state index in [4.69, 9.17) is 5.73 Å². The third-order valence-corrected chi connectivity index (χ3v) is 2.83. The van der Waals surface area contributed by atoms with Crippen LogP contribution in [0.25, 0.3) is 0 Å². The molecule has 2 nitrogen and oxygen atoms in total. The highest BCUT2D eigenvalue weighted by molar-refractivity contribution is 5.96. The highest BCUT2D eigenvalue weighted by Crippen LogP contribution is 2.27. The van der Waals surface area contributed by atoms with Crippen molar-refractivity contribution in [3.63, 3.8) is 0 Å². The molecule has 1 radical (unpaired) electrons. The summed E-state index contributed by atoms with van der Waals surface area (Å²) in [6.07, 6.45) is 5.59. The fourth-order valence-corrected chi connectivity index (χ4v) is 1.76. The number of ketones is 1. The van der Waals surface area contributed by atoms with Gasteiger partial charge in [-0.3, -0.25) is 4.79 Å². The molecule has 1 fully saturated rings. The monoisotopic (exact) mass is 182 g/mol. The van der Waals surface area contributed by atoms with Gasteiger partial charge in [-0.1, -0.05) is 33.1 Å². The minimum Gasteiger partial charge on any atom is -0.321 e. The number of Topliss-reactive ketones (excluding diaryl/α,β-unsaturated/α-hetero) is 1. The van der Waals surface area contributed by atoms with Crippen LogP contribution in [0.2, 0.25) is 0 Å². The Morgan fingerprint density at radius 2 is 1.77 bits per heavy atom. The van der Waals surface area contributed by atoms with Crippen LogP contribution in [-0.4, -0.2) is 11.8 Å². The van der Waals surface area contributed by atoms with E-state index in [0.717, 1.165) is 18.8 Å². The molecular formula is C11H20NO. The highest BCUT2D eigenvalue weighted by Gasteiger charge is 2.27. The summed E-state index contributed by atoms with van der Waals surface area (Å²) in [5, 5.41) is 0. The van der Waals surface area contributed by atoms with Crippen LogP contribution in [0.1, 0.15) is 46.0 Å². The number of rotatable bonds is 3. The van der Waals surface area contributed by atoms with E-state index in [1.54, 1.807) is 0 Å². The molecule has 0 saturated heterocycles. The predicted molar refractivity (Wildman–Crippen MR) is 54.1 cm³/mol. The first-order valence-electron chi connectivity index (χ1n) is 5.27. The Kier molecular flexibility index (Phi) is 3.91. The van der Waals surface area contributed by atoms with Gasteiger partial charge in [-0.05, 0) is 18.8 Å². The van der Waals surface area contributed by atoms with Crippen molar-refractivity contribution in [1.82, 2.24) is 0 Å². The zero-order valence-corrected chi connectivity index (χ0v) is 8.68. The zero-order valence-electron chi connectivity index (χ0n) is 8.68. The molecule has 1 aliphatic rings. The minimum absolute atomic E-state index is 0.217. The van der Waals surface area contributed by atoms with Crippen LogP contribution in [0.4, 0.5) is 0 Å². The van der Waals surface area contributed by atoms with Crippen molar-refractivity contribution in [3.05, 3.63) is 5.92 Å². The summed E-state index contributed by atoms with van der Waals surface area (Å²) in [5.74, 6) is 1.57. The quantitative estimate of drug-likeness (QED) is 0.726. The molecule has 1 saturated carbocycles. The second kappa shape index (κ2) is 4.75. The SMILES string of the molecule is CC(C)[C@@H](N)C(=O)[C]1CCCCC1. The Balaban J connectivity index is 2.45. The summed E-state index contributed by atoms with van der Waals surface area (Å²) < 4.78 is 0. The molecule has 0 unspecified atom stereocenters. The van der Waals surface area contributed by atoms with E-state index >= 15 is 0 Å². The Labute approximate surface area is 80.9 Å². The zero-order chi connectivity index (χ0) is 9.84. The molecule has 2 heteroatoms. The Morgan fingerprint density at radius 1 is 1.23 bits per heavy atom. The lowest BCUT2D eigenvalue weighted by Crippen LogP contribution is -2.39. The van der Waals surface area contributed by atoms with Gasteiger partial charge < -0.3 is 5.73 Å². The lowest BCUT2D eigenvalue weighted by Gasteiger charge is -2.24. The molecular weight excluding hydrogens is 162 g/mol. The largest absolute Gasteiger partial charge is 0.321 e. The van der Waals surface area contributed by atoms with Crippen molar-refractivity contribution in [2.75, 3.05) is 0 Å². The van der Waals surface area contributed by atoms with Crippen LogP contribution in [0.5, 0.6) is 0 Å². The van der Waals surface area contributed by atoms with Gasteiger partial charge in [-0.15, -0.1) is 0 Å². The molecule has 13 heavy (non-hydrogen) atoms. The fourth-order valence-electron chi connectivity index (χ4n) is 1.76. The van der Waals surface area contributed by atoms with Crippen LogP contribution in [0.3, 0.4) is 0 Å². The van der Waals surface area contributed by atoms with Crippen LogP contribution in [0, 0.1) is 11.8 Å². The normalized spacial score (nSPS) is 21.8. The second-order valence-electron chi connectivity index (χ2n) is 4.30. The van der Waals surface area contributed by atoms with E-state index in [1.165, 1.54) is 19.3 Å². The average Bonchev–Trinajstić information content (AvgIpc) is 2.17. The molecule has 1 rings (SSSR count). The molecule has 1 aliphatic carbocycles.